The topological polar surface area (TPSA) is 68.2 Å². The maximum atomic E-state index is 13.2. The van der Waals surface area contributed by atoms with Crippen LogP contribution in [-0.2, 0) is 13.1 Å². The van der Waals surface area contributed by atoms with Crippen LogP contribution in [0, 0.1) is 11.6 Å². The summed E-state index contributed by atoms with van der Waals surface area (Å²) in [5.41, 5.74) is 5.93. The fourth-order valence-corrected chi connectivity index (χ4v) is 1.68. The van der Waals surface area contributed by atoms with Crippen molar-refractivity contribution in [3.8, 4) is 0 Å². The summed E-state index contributed by atoms with van der Waals surface area (Å²) in [5.74, 6) is -0.958. The molecule has 1 aromatic heterocycles. The molecule has 5 nitrogen and oxygen atoms in total. The average molecular weight is 305 g/mol. The zero-order chi connectivity index (χ0) is 13.8. The summed E-state index contributed by atoms with van der Waals surface area (Å²) in [6.45, 7) is 3.00. The first-order valence-electron chi connectivity index (χ1n) is 5.85. The summed E-state index contributed by atoms with van der Waals surface area (Å²) < 4.78 is 31.0. The highest BCUT2D eigenvalue weighted by Gasteiger charge is 2.12. The summed E-state index contributed by atoms with van der Waals surface area (Å²) in [7, 11) is 0. The third-order valence-corrected chi connectivity index (χ3v) is 2.67. The molecule has 1 aromatic carbocycles. The molecule has 0 amide bonds. The minimum Gasteiger partial charge on any atom is -0.364 e. The average Bonchev–Trinajstić information content (AvgIpc) is 2.87. The SMILES string of the molecule is CCN(Cc1noc(CN)n1)c1ccc(F)c(F)c1.Cl. The number of nitrogens with two attached hydrogens (primary N) is 1. The fourth-order valence-electron chi connectivity index (χ4n) is 1.68. The van der Waals surface area contributed by atoms with Gasteiger partial charge in [-0.3, -0.25) is 0 Å². The van der Waals surface area contributed by atoms with E-state index in [4.69, 9.17) is 10.3 Å². The Labute approximate surface area is 121 Å². The highest BCUT2D eigenvalue weighted by atomic mass is 35.5. The second kappa shape index (κ2) is 7.16. The van der Waals surface area contributed by atoms with E-state index in [-0.39, 0.29) is 19.0 Å². The third kappa shape index (κ3) is 3.64. The smallest absolute Gasteiger partial charge is 0.240 e. The number of hydrogen-bond acceptors (Lipinski definition) is 5. The molecule has 2 rings (SSSR count). The summed E-state index contributed by atoms with van der Waals surface area (Å²) in [6, 6.07) is 3.74. The molecule has 1 heterocycles. The molecule has 2 N–H and O–H groups in total. The van der Waals surface area contributed by atoms with Crippen LogP contribution in [0.3, 0.4) is 0 Å². The van der Waals surface area contributed by atoms with Gasteiger partial charge in [0.15, 0.2) is 17.5 Å². The van der Waals surface area contributed by atoms with Crippen molar-refractivity contribution in [2.75, 3.05) is 11.4 Å². The third-order valence-electron chi connectivity index (χ3n) is 2.67. The fraction of sp³-hybridized carbons (Fsp3) is 0.333. The Bertz CT molecular complexity index is 564. The highest BCUT2D eigenvalue weighted by molar-refractivity contribution is 5.85. The lowest BCUT2D eigenvalue weighted by Gasteiger charge is -2.21. The van der Waals surface area contributed by atoms with Crippen molar-refractivity contribution in [3.63, 3.8) is 0 Å². The molecule has 2 aromatic rings. The highest BCUT2D eigenvalue weighted by Crippen LogP contribution is 2.19. The van der Waals surface area contributed by atoms with Gasteiger partial charge in [-0.1, -0.05) is 5.16 Å². The van der Waals surface area contributed by atoms with Gasteiger partial charge in [0.05, 0.1) is 13.1 Å². The van der Waals surface area contributed by atoms with E-state index < -0.39 is 11.6 Å². The zero-order valence-corrected chi connectivity index (χ0v) is 11.7. The largest absolute Gasteiger partial charge is 0.364 e. The van der Waals surface area contributed by atoms with Crippen LogP contribution in [0.5, 0.6) is 0 Å². The van der Waals surface area contributed by atoms with Crippen molar-refractivity contribution in [3.05, 3.63) is 41.5 Å². The Kier molecular flexibility index (Phi) is 5.84. The number of anilines is 1. The molecule has 0 saturated carbocycles. The van der Waals surface area contributed by atoms with Crippen LogP contribution in [0.25, 0.3) is 0 Å². The summed E-state index contributed by atoms with van der Waals surface area (Å²) in [6.07, 6.45) is 0. The number of halogens is 3. The quantitative estimate of drug-likeness (QED) is 0.917. The van der Waals surface area contributed by atoms with Crippen molar-refractivity contribution in [1.29, 1.82) is 0 Å². The van der Waals surface area contributed by atoms with Crippen LogP contribution in [0.15, 0.2) is 22.7 Å². The first-order valence-corrected chi connectivity index (χ1v) is 5.85. The molecule has 0 bridgehead atoms. The Morgan fingerprint density at radius 3 is 2.60 bits per heavy atom. The summed E-state index contributed by atoms with van der Waals surface area (Å²) in [5, 5.41) is 3.76. The van der Waals surface area contributed by atoms with Crippen molar-refractivity contribution in [2.24, 2.45) is 5.73 Å². The Hall–Kier alpha value is -1.73. The first-order chi connectivity index (χ1) is 9.13. The van der Waals surface area contributed by atoms with Crippen LogP contribution >= 0.6 is 12.4 Å². The van der Waals surface area contributed by atoms with E-state index in [0.29, 0.717) is 30.5 Å². The number of nitrogens with zero attached hydrogens (tertiary/aromatic N) is 3. The van der Waals surface area contributed by atoms with E-state index in [0.717, 1.165) is 12.1 Å². The molecular weight excluding hydrogens is 290 g/mol. The molecule has 8 heteroatoms. The second-order valence-electron chi connectivity index (χ2n) is 3.92. The number of benzene rings is 1. The van der Waals surface area contributed by atoms with Gasteiger partial charge >= 0.3 is 0 Å². The molecule has 0 aliphatic heterocycles. The van der Waals surface area contributed by atoms with Gasteiger partial charge in [-0.15, -0.1) is 12.4 Å². The van der Waals surface area contributed by atoms with E-state index in [2.05, 4.69) is 10.1 Å². The number of hydrogen-bond donors (Lipinski definition) is 1. The van der Waals surface area contributed by atoms with Crippen LogP contribution < -0.4 is 10.6 Å². The zero-order valence-electron chi connectivity index (χ0n) is 10.8. The van der Waals surface area contributed by atoms with Gasteiger partial charge < -0.3 is 15.2 Å². The molecule has 110 valence electrons. The molecule has 20 heavy (non-hydrogen) atoms. The van der Waals surface area contributed by atoms with E-state index in [1.165, 1.54) is 6.07 Å². The van der Waals surface area contributed by atoms with Crippen molar-refractivity contribution < 1.29 is 13.3 Å². The predicted molar refractivity (Wildman–Crippen MR) is 72.5 cm³/mol. The standard InChI is InChI=1S/C12H14F2N4O.ClH/c1-2-18(7-11-16-12(6-15)19-17-11)8-3-4-9(13)10(14)5-8;/h3-5H,2,6-7,15H2,1H3;1H. The lowest BCUT2D eigenvalue weighted by atomic mass is 10.2. The van der Waals surface area contributed by atoms with Gasteiger partial charge in [-0.05, 0) is 19.1 Å². The van der Waals surface area contributed by atoms with Gasteiger partial charge in [0, 0.05) is 18.3 Å². The van der Waals surface area contributed by atoms with Gasteiger partial charge in [0.1, 0.15) is 0 Å². The molecule has 0 radical (unpaired) electrons. The Morgan fingerprint density at radius 1 is 1.30 bits per heavy atom. The van der Waals surface area contributed by atoms with Crippen molar-refractivity contribution >= 4 is 18.1 Å². The summed E-state index contributed by atoms with van der Waals surface area (Å²) in [4.78, 5) is 5.87. The molecule has 0 atom stereocenters. The van der Waals surface area contributed by atoms with Gasteiger partial charge in [0.25, 0.3) is 0 Å². The number of rotatable bonds is 5. The molecular formula is C12H15ClF2N4O. The van der Waals surface area contributed by atoms with E-state index >= 15 is 0 Å². The lowest BCUT2D eigenvalue weighted by molar-refractivity contribution is 0.374. The van der Waals surface area contributed by atoms with E-state index in [1.807, 2.05) is 6.92 Å². The predicted octanol–water partition coefficient (Wildman–Crippen LogP) is 2.25. The van der Waals surface area contributed by atoms with Crippen molar-refractivity contribution in [2.45, 2.75) is 20.0 Å². The van der Waals surface area contributed by atoms with Crippen molar-refractivity contribution in [1.82, 2.24) is 10.1 Å². The maximum absolute atomic E-state index is 13.2. The van der Waals surface area contributed by atoms with Crippen LogP contribution in [-0.4, -0.2) is 16.7 Å². The number of aromatic nitrogens is 2. The normalized spacial score (nSPS) is 10.2. The van der Waals surface area contributed by atoms with E-state index in [9.17, 15) is 8.78 Å². The van der Waals surface area contributed by atoms with Crippen LogP contribution in [0.2, 0.25) is 0 Å². The summed E-state index contributed by atoms with van der Waals surface area (Å²) >= 11 is 0. The molecule has 0 fully saturated rings. The maximum Gasteiger partial charge on any atom is 0.240 e. The monoisotopic (exact) mass is 304 g/mol. The lowest BCUT2D eigenvalue weighted by Crippen LogP contribution is -2.23. The van der Waals surface area contributed by atoms with Gasteiger partial charge in [-0.2, -0.15) is 4.98 Å². The molecule has 0 aliphatic carbocycles. The minimum absolute atomic E-state index is 0. The Morgan fingerprint density at radius 2 is 2.05 bits per heavy atom. The Balaban J connectivity index is 0.00000200. The van der Waals surface area contributed by atoms with Gasteiger partial charge in [0.2, 0.25) is 5.89 Å². The van der Waals surface area contributed by atoms with Crippen LogP contribution in [0.1, 0.15) is 18.6 Å². The molecule has 0 spiro atoms. The molecule has 0 aliphatic rings. The van der Waals surface area contributed by atoms with Crippen LogP contribution in [0.4, 0.5) is 14.5 Å². The van der Waals surface area contributed by atoms with E-state index in [1.54, 1.807) is 4.90 Å². The first kappa shape index (κ1) is 16.3. The molecule has 0 unspecified atom stereocenters. The second-order valence-corrected chi connectivity index (χ2v) is 3.92. The molecule has 0 saturated heterocycles. The van der Waals surface area contributed by atoms with Gasteiger partial charge in [-0.25, -0.2) is 8.78 Å². The minimum atomic E-state index is -0.883.